The maximum Gasteiger partial charge on any atom is 0.260 e. The number of aromatic nitrogens is 4. The Balaban J connectivity index is 2.10. The molecule has 1 heterocycles. The molecule has 0 atom stereocenters. The number of nitrogens with zero attached hydrogens (tertiary/aromatic N) is 4. The first-order chi connectivity index (χ1) is 12.7. The maximum atomic E-state index is 12.0. The van der Waals surface area contributed by atoms with Crippen molar-refractivity contribution in [1.29, 1.82) is 0 Å². The molecule has 4 N–H and O–H groups in total. The van der Waals surface area contributed by atoms with Crippen LogP contribution in [0.1, 0.15) is 33.3 Å². The van der Waals surface area contributed by atoms with Crippen LogP contribution in [0.2, 0.25) is 5.02 Å². The Labute approximate surface area is 162 Å². The number of carbonyl (C=O) groups excluding carboxylic acids is 1. The number of ether oxygens (including phenoxy) is 2. The molecule has 1 aromatic heterocycles. The molecule has 0 aliphatic heterocycles. The fourth-order valence-electron chi connectivity index (χ4n) is 2.16. The van der Waals surface area contributed by atoms with Crippen molar-refractivity contribution in [3.63, 3.8) is 0 Å². The molecule has 0 fully saturated rings. The molecule has 0 aliphatic rings. The number of hydrogen-bond donors (Lipinski definition) is 3. The van der Waals surface area contributed by atoms with Gasteiger partial charge in [-0.25, -0.2) is 0 Å². The number of benzene rings is 1. The average Bonchev–Trinajstić information content (AvgIpc) is 2.97. The van der Waals surface area contributed by atoms with Gasteiger partial charge in [0.05, 0.1) is 13.2 Å². The van der Waals surface area contributed by atoms with Crippen LogP contribution in [0.4, 0.5) is 5.95 Å². The zero-order valence-electron chi connectivity index (χ0n) is 15.7. The summed E-state index contributed by atoms with van der Waals surface area (Å²) in [6.07, 6.45) is 0. The molecule has 2 aromatic rings. The van der Waals surface area contributed by atoms with Crippen LogP contribution in [0.5, 0.6) is 11.5 Å². The lowest BCUT2D eigenvalue weighted by Gasteiger charge is -2.21. The zero-order valence-corrected chi connectivity index (χ0v) is 16.5. The summed E-state index contributed by atoms with van der Waals surface area (Å²) in [5.74, 6) is 0.755. The van der Waals surface area contributed by atoms with E-state index in [1.54, 1.807) is 12.1 Å². The third-order valence-electron chi connectivity index (χ3n) is 3.20. The number of halogens is 1. The molecule has 2 rings (SSSR count). The van der Waals surface area contributed by atoms with Crippen molar-refractivity contribution in [2.45, 2.75) is 39.8 Å². The summed E-state index contributed by atoms with van der Waals surface area (Å²) in [6, 6.07) is 3.34. The second-order valence-electron chi connectivity index (χ2n) is 6.69. The van der Waals surface area contributed by atoms with Crippen molar-refractivity contribution in [2.24, 2.45) is 0 Å². The second kappa shape index (κ2) is 8.76. The monoisotopic (exact) mass is 397 g/mol. The highest BCUT2D eigenvalue weighted by Crippen LogP contribution is 2.33. The highest BCUT2D eigenvalue weighted by molar-refractivity contribution is 6.31. The average molecular weight is 398 g/mol. The standard InChI is InChI=1S/C16H24ClN7O3/c1-5-26-12-6-10(8-19-24-15(18)21-22-23-24)11(17)7-13(12)27-9-14(25)20-16(2,3)4/h6-7,19H,5,8-9H2,1-4H3,(H,20,25)(H2,18,21,23). The first-order valence-electron chi connectivity index (χ1n) is 8.36. The summed E-state index contributed by atoms with van der Waals surface area (Å²) < 4.78 is 11.2. The Bertz CT molecular complexity index is 789. The summed E-state index contributed by atoms with van der Waals surface area (Å²) >= 11 is 6.33. The SMILES string of the molecule is CCOc1cc(CNn2nnnc2N)c(Cl)cc1OCC(=O)NC(C)(C)C. The van der Waals surface area contributed by atoms with Gasteiger partial charge in [-0.3, -0.25) is 4.79 Å². The van der Waals surface area contributed by atoms with Crippen LogP contribution in [-0.4, -0.2) is 45.0 Å². The van der Waals surface area contributed by atoms with E-state index in [2.05, 4.69) is 26.3 Å². The molecule has 0 saturated carbocycles. The van der Waals surface area contributed by atoms with E-state index in [9.17, 15) is 4.79 Å². The number of rotatable bonds is 8. The summed E-state index contributed by atoms with van der Waals surface area (Å²) in [7, 11) is 0. The van der Waals surface area contributed by atoms with Crippen molar-refractivity contribution in [2.75, 3.05) is 24.4 Å². The Morgan fingerprint density at radius 1 is 1.30 bits per heavy atom. The Morgan fingerprint density at radius 2 is 2.00 bits per heavy atom. The van der Waals surface area contributed by atoms with E-state index in [1.165, 1.54) is 4.79 Å². The van der Waals surface area contributed by atoms with Crippen LogP contribution >= 0.6 is 11.6 Å². The lowest BCUT2D eigenvalue weighted by atomic mass is 10.1. The van der Waals surface area contributed by atoms with Gasteiger partial charge in [-0.1, -0.05) is 16.7 Å². The van der Waals surface area contributed by atoms with E-state index in [4.69, 9.17) is 26.8 Å². The van der Waals surface area contributed by atoms with Gasteiger partial charge in [0.2, 0.25) is 0 Å². The topological polar surface area (TPSA) is 129 Å². The van der Waals surface area contributed by atoms with E-state index in [-0.39, 0.29) is 24.0 Å². The van der Waals surface area contributed by atoms with E-state index in [1.807, 2.05) is 27.7 Å². The highest BCUT2D eigenvalue weighted by atomic mass is 35.5. The Kier molecular flexibility index (Phi) is 6.67. The molecule has 0 aliphatic carbocycles. The van der Waals surface area contributed by atoms with Gasteiger partial charge in [-0.15, -0.1) is 4.79 Å². The second-order valence-corrected chi connectivity index (χ2v) is 7.10. The predicted octanol–water partition coefficient (Wildman–Crippen LogP) is 1.34. The maximum absolute atomic E-state index is 12.0. The molecule has 0 unspecified atom stereocenters. The van der Waals surface area contributed by atoms with E-state index >= 15 is 0 Å². The lowest BCUT2D eigenvalue weighted by Crippen LogP contribution is -2.43. The smallest absolute Gasteiger partial charge is 0.260 e. The highest BCUT2D eigenvalue weighted by Gasteiger charge is 2.16. The molecule has 1 amide bonds. The molecule has 148 valence electrons. The van der Waals surface area contributed by atoms with Gasteiger partial charge in [-0.05, 0) is 49.8 Å². The fraction of sp³-hybridized carbons (Fsp3) is 0.500. The number of carbonyl (C=O) groups is 1. The molecule has 27 heavy (non-hydrogen) atoms. The van der Waals surface area contributed by atoms with Gasteiger partial charge in [0, 0.05) is 16.6 Å². The van der Waals surface area contributed by atoms with Gasteiger partial charge in [0.15, 0.2) is 18.1 Å². The van der Waals surface area contributed by atoms with Crippen molar-refractivity contribution < 1.29 is 14.3 Å². The van der Waals surface area contributed by atoms with Crippen LogP contribution < -0.4 is 25.9 Å². The normalized spacial score (nSPS) is 11.1. The number of amides is 1. The molecule has 10 nitrogen and oxygen atoms in total. The van der Waals surface area contributed by atoms with E-state index < -0.39 is 0 Å². The van der Waals surface area contributed by atoms with Crippen molar-refractivity contribution in [1.82, 2.24) is 25.6 Å². The van der Waals surface area contributed by atoms with Crippen molar-refractivity contribution in [3.8, 4) is 11.5 Å². The lowest BCUT2D eigenvalue weighted by molar-refractivity contribution is -0.124. The summed E-state index contributed by atoms with van der Waals surface area (Å²) in [4.78, 5) is 13.2. The van der Waals surface area contributed by atoms with Gasteiger partial charge in [0.1, 0.15) is 0 Å². The predicted molar refractivity (Wildman–Crippen MR) is 101 cm³/mol. The van der Waals surface area contributed by atoms with Gasteiger partial charge >= 0.3 is 0 Å². The van der Waals surface area contributed by atoms with Gasteiger partial charge in [-0.2, -0.15) is 0 Å². The third kappa shape index (κ3) is 6.17. The number of tetrazole rings is 1. The summed E-state index contributed by atoms with van der Waals surface area (Å²) in [5, 5.41) is 14.0. The molecule has 0 radical (unpaired) electrons. The van der Waals surface area contributed by atoms with Crippen LogP contribution in [0, 0.1) is 0 Å². The number of anilines is 1. The summed E-state index contributed by atoms with van der Waals surface area (Å²) in [6.45, 7) is 8.13. The van der Waals surface area contributed by atoms with Crippen LogP contribution in [0.25, 0.3) is 0 Å². The minimum Gasteiger partial charge on any atom is -0.490 e. The molecular weight excluding hydrogens is 374 g/mol. The first kappa shape index (κ1) is 20.6. The summed E-state index contributed by atoms with van der Waals surface area (Å²) in [5.41, 5.74) is 8.92. The number of nitrogens with two attached hydrogens (primary N) is 1. The van der Waals surface area contributed by atoms with Crippen molar-refractivity contribution in [3.05, 3.63) is 22.7 Å². The van der Waals surface area contributed by atoms with E-state index in [0.717, 1.165) is 5.56 Å². The van der Waals surface area contributed by atoms with Crippen molar-refractivity contribution >= 4 is 23.5 Å². The third-order valence-corrected chi connectivity index (χ3v) is 3.55. The molecule has 1 aromatic carbocycles. The molecule has 0 saturated heterocycles. The first-order valence-corrected chi connectivity index (χ1v) is 8.74. The minimum atomic E-state index is -0.339. The molecule has 11 heteroatoms. The van der Waals surface area contributed by atoms with Gasteiger partial charge in [0.25, 0.3) is 11.9 Å². The zero-order chi connectivity index (χ0) is 20.0. The molecule has 0 bridgehead atoms. The molecular formula is C16H24ClN7O3. The Hall–Kier alpha value is -2.75. The fourth-order valence-corrected chi connectivity index (χ4v) is 2.38. The van der Waals surface area contributed by atoms with Crippen LogP contribution in [-0.2, 0) is 11.3 Å². The number of hydrogen-bond acceptors (Lipinski definition) is 8. The molecule has 0 spiro atoms. The largest absolute Gasteiger partial charge is 0.490 e. The van der Waals surface area contributed by atoms with Crippen LogP contribution in [0.15, 0.2) is 12.1 Å². The van der Waals surface area contributed by atoms with Crippen LogP contribution in [0.3, 0.4) is 0 Å². The number of nitrogen functional groups attached to an aromatic ring is 1. The minimum absolute atomic E-state index is 0.126. The Morgan fingerprint density at radius 3 is 2.59 bits per heavy atom. The van der Waals surface area contributed by atoms with Gasteiger partial charge < -0.3 is 25.9 Å². The quantitative estimate of drug-likeness (QED) is 0.608. The van der Waals surface area contributed by atoms with E-state index in [0.29, 0.717) is 29.7 Å². The number of nitrogens with one attached hydrogen (secondary N) is 2.